The second-order valence-corrected chi connectivity index (χ2v) is 9.27. The first-order chi connectivity index (χ1) is 16.9. The molecule has 0 amide bonds. The number of benzene rings is 5. The molecule has 0 spiro atoms. The molecule has 3 aliphatic rings. The summed E-state index contributed by atoms with van der Waals surface area (Å²) in [6.45, 7) is 0.0814. The van der Waals surface area contributed by atoms with Crippen LogP contribution in [-0.2, 0) is 0 Å². The molecule has 0 unspecified atom stereocenters. The number of aromatic nitrogens is 1. The molecule has 0 fully saturated rings. The van der Waals surface area contributed by atoms with Gasteiger partial charge in [-0.1, -0.05) is 54.6 Å². The fraction of sp³-hybridized carbons (Fsp3) is 0. The zero-order chi connectivity index (χ0) is 22.0. The van der Waals surface area contributed by atoms with E-state index in [4.69, 9.17) is 9.47 Å². The van der Waals surface area contributed by atoms with Gasteiger partial charge in [0.1, 0.15) is 23.0 Å². The van der Waals surface area contributed by atoms with Crippen molar-refractivity contribution in [2.24, 2.45) is 0 Å². The van der Waals surface area contributed by atoms with Crippen molar-refractivity contribution in [2.45, 2.75) is 0 Å². The van der Waals surface area contributed by atoms with Crippen molar-refractivity contribution in [3.63, 3.8) is 0 Å². The fourth-order valence-corrected chi connectivity index (χ4v) is 6.35. The van der Waals surface area contributed by atoms with Crippen LogP contribution in [0.5, 0.6) is 23.0 Å². The Morgan fingerprint density at radius 2 is 1.35 bits per heavy atom. The van der Waals surface area contributed by atoms with Crippen LogP contribution in [0.2, 0.25) is 0 Å². The minimum atomic E-state index is 0.0814. The largest absolute Gasteiger partial charge is 0.458 e. The van der Waals surface area contributed by atoms with Crippen LogP contribution in [0.15, 0.2) is 97.1 Å². The van der Waals surface area contributed by atoms with E-state index in [-0.39, 0.29) is 6.71 Å². The van der Waals surface area contributed by atoms with Crippen molar-refractivity contribution < 1.29 is 9.47 Å². The van der Waals surface area contributed by atoms with E-state index in [0.29, 0.717) is 0 Å². The average Bonchev–Trinajstić information content (AvgIpc) is 3.24. The first-order valence-corrected chi connectivity index (χ1v) is 11.7. The van der Waals surface area contributed by atoms with Gasteiger partial charge in [-0.05, 0) is 59.0 Å². The lowest BCUT2D eigenvalue weighted by Gasteiger charge is -2.38. The highest BCUT2D eigenvalue weighted by atomic mass is 16.5. The van der Waals surface area contributed by atoms with E-state index in [1.54, 1.807) is 0 Å². The molecular weight excluding hydrogens is 417 g/mol. The lowest BCUT2D eigenvalue weighted by atomic mass is 9.33. The van der Waals surface area contributed by atoms with Crippen molar-refractivity contribution in [3.8, 4) is 39.8 Å². The molecule has 0 bridgehead atoms. The lowest BCUT2D eigenvalue weighted by molar-refractivity contribution is 0.465. The molecular formula is C30H16BNO2. The molecule has 0 atom stereocenters. The highest BCUT2D eigenvalue weighted by molar-refractivity contribution is 7.00. The van der Waals surface area contributed by atoms with Gasteiger partial charge in [0.25, 0.3) is 6.71 Å². The Bertz CT molecular complexity index is 1870. The molecule has 0 N–H and O–H groups in total. The zero-order valence-electron chi connectivity index (χ0n) is 18.1. The van der Waals surface area contributed by atoms with Crippen LogP contribution in [-0.4, -0.2) is 11.3 Å². The van der Waals surface area contributed by atoms with Crippen LogP contribution >= 0.6 is 0 Å². The predicted octanol–water partition coefficient (Wildman–Crippen LogP) is 5.49. The van der Waals surface area contributed by atoms with E-state index < -0.39 is 0 Å². The maximum Gasteiger partial charge on any atom is 0.266 e. The molecule has 0 radical (unpaired) electrons. The Labute approximate surface area is 195 Å². The van der Waals surface area contributed by atoms with Crippen molar-refractivity contribution in [1.82, 2.24) is 4.57 Å². The van der Waals surface area contributed by atoms with Crippen molar-refractivity contribution in [1.29, 1.82) is 0 Å². The number of rotatable bonds is 1. The van der Waals surface area contributed by atoms with Gasteiger partial charge in [-0.25, -0.2) is 0 Å². The summed E-state index contributed by atoms with van der Waals surface area (Å²) in [7, 11) is 0. The second kappa shape index (κ2) is 5.73. The Morgan fingerprint density at radius 1 is 0.559 bits per heavy atom. The Hall–Kier alpha value is -4.44. The third-order valence-corrected chi connectivity index (χ3v) is 7.66. The summed E-state index contributed by atoms with van der Waals surface area (Å²) >= 11 is 0. The van der Waals surface area contributed by atoms with Gasteiger partial charge < -0.3 is 14.0 Å². The first kappa shape index (κ1) is 17.1. The van der Waals surface area contributed by atoms with Crippen molar-refractivity contribution >= 4 is 44.9 Å². The third-order valence-electron chi connectivity index (χ3n) is 7.66. The normalized spacial score (nSPS) is 13.7. The smallest absolute Gasteiger partial charge is 0.266 e. The van der Waals surface area contributed by atoms with E-state index >= 15 is 0 Å². The number of fused-ring (bicyclic) bond motifs is 4. The van der Waals surface area contributed by atoms with E-state index in [0.717, 1.165) is 39.6 Å². The van der Waals surface area contributed by atoms with E-state index in [1.165, 1.54) is 38.4 Å². The topological polar surface area (TPSA) is 23.4 Å². The predicted molar refractivity (Wildman–Crippen MR) is 137 cm³/mol. The first-order valence-electron chi connectivity index (χ1n) is 11.7. The molecule has 4 heterocycles. The maximum atomic E-state index is 6.73. The highest BCUT2D eigenvalue weighted by Crippen LogP contribution is 2.45. The Balaban J connectivity index is 1.48. The number of hydrogen-bond acceptors (Lipinski definition) is 2. The minimum Gasteiger partial charge on any atom is -0.458 e. The standard InChI is InChI=1S/C30H16BNO2/c1-2-7-17(8-3-1)18-13-15-25-28-30(18)34-23-12-6-11-22-26(23)31(28)27-24(33-25)16-14-20-19-9-4-5-10-21(19)32(22)29(20)27/h1-16H. The molecule has 3 aliphatic heterocycles. The van der Waals surface area contributed by atoms with Gasteiger partial charge in [0.05, 0.1) is 11.0 Å². The maximum absolute atomic E-state index is 6.73. The van der Waals surface area contributed by atoms with Crippen LogP contribution in [0.3, 0.4) is 0 Å². The Morgan fingerprint density at radius 3 is 2.29 bits per heavy atom. The minimum absolute atomic E-state index is 0.0814. The molecule has 0 saturated carbocycles. The quantitative estimate of drug-likeness (QED) is 0.320. The fourth-order valence-electron chi connectivity index (χ4n) is 6.35. The second-order valence-electron chi connectivity index (χ2n) is 9.27. The number of nitrogens with zero attached hydrogens (tertiary/aromatic N) is 1. The summed E-state index contributed by atoms with van der Waals surface area (Å²) in [4.78, 5) is 0. The SMILES string of the molecule is c1ccc(-c2ccc3c4c2Oc2cccc5c2B4c2c(ccc4c6ccccc6n-5c24)O3)cc1. The molecule has 1 aromatic heterocycles. The number of hydrogen-bond donors (Lipinski definition) is 0. The summed E-state index contributed by atoms with van der Waals surface area (Å²) in [5, 5.41) is 2.53. The van der Waals surface area contributed by atoms with Gasteiger partial charge in [0, 0.05) is 27.5 Å². The molecule has 3 nitrogen and oxygen atoms in total. The summed E-state index contributed by atoms with van der Waals surface area (Å²) < 4.78 is 15.7. The molecule has 0 saturated heterocycles. The van der Waals surface area contributed by atoms with Crippen LogP contribution in [0.4, 0.5) is 0 Å². The van der Waals surface area contributed by atoms with Crippen molar-refractivity contribution in [2.75, 3.05) is 0 Å². The highest BCUT2D eigenvalue weighted by Gasteiger charge is 2.46. The van der Waals surface area contributed by atoms with Gasteiger partial charge in [-0.2, -0.15) is 0 Å². The Kier molecular flexibility index (Phi) is 2.88. The van der Waals surface area contributed by atoms with Crippen LogP contribution in [0.1, 0.15) is 0 Å². The van der Waals surface area contributed by atoms with Gasteiger partial charge >= 0.3 is 0 Å². The van der Waals surface area contributed by atoms with Gasteiger partial charge in [-0.3, -0.25) is 0 Å². The van der Waals surface area contributed by atoms with Gasteiger partial charge in [0.2, 0.25) is 0 Å². The van der Waals surface area contributed by atoms with E-state index in [1.807, 2.05) is 6.07 Å². The summed E-state index contributed by atoms with van der Waals surface area (Å²) in [6.07, 6.45) is 0. The van der Waals surface area contributed by atoms with Gasteiger partial charge in [-0.15, -0.1) is 0 Å². The number of para-hydroxylation sites is 1. The lowest BCUT2D eigenvalue weighted by Crippen LogP contribution is -2.60. The molecule has 9 rings (SSSR count). The molecule has 34 heavy (non-hydrogen) atoms. The molecule has 4 heteroatoms. The third kappa shape index (κ3) is 1.85. The molecule has 6 aromatic rings. The summed E-state index contributed by atoms with van der Waals surface area (Å²) in [5.41, 5.74) is 9.52. The van der Waals surface area contributed by atoms with Crippen LogP contribution in [0.25, 0.3) is 38.6 Å². The monoisotopic (exact) mass is 433 g/mol. The van der Waals surface area contributed by atoms with E-state index in [2.05, 4.69) is 95.6 Å². The zero-order valence-corrected chi connectivity index (χ0v) is 18.1. The molecule has 5 aromatic carbocycles. The molecule has 156 valence electrons. The van der Waals surface area contributed by atoms with Gasteiger partial charge in [0.15, 0.2) is 0 Å². The number of ether oxygens (including phenoxy) is 2. The summed E-state index contributed by atoms with van der Waals surface area (Å²) in [5.74, 6) is 3.66. The van der Waals surface area contributed by atoms with Crippen LogP contribution < -0.4 is 25.9 Å². The van der Waals surface area contributed by atoms with Crippen LogP contribution in [0, 0.1) is 0 Å². The summed E-state index contributed by atoms with van der Waals surface area (Å²) in [6, 6.07) is 34.2. The average molecular weight is 433 g/mol. The molecule has 0 aliphatic carbocycles. The van der Waals surface area contributed by atoms with Crippen molar-refractivity contribution in [3.05, 3.63) is 97.1 Å². The van der Waals surface area contributed by atoms with E-state index in [9.17, 15) is 0 Å².